The van der Waals surface area contributed by atoms with Crippen LogP contribution in [0.15, 0.2) is 36.4 Å². The molecule has 1 saturated carbocycles. The first-order chi connectivity index (χ1) is 18.7. The highest BCUT2D eigenvalue weighted by Gasteiger charge is 2.50. The lowest BCUT2D eigenvalue weighted by atomic mass is 9.67. The van der Waals surface area contributed by atoms with Crippen LogP contribution in [0, 0.1) is 12.3 Å². The number of urea groups is 1. The summed E-state index contributed by atoms with van der Waals surface area (Å²) in [6, 6.07) is 7.12. The summed E-state index contributed by atoms with van der Waals surface area (Å²) in [5, 5.41) is 11.9. The number of hydrogen-bond donors (Lipinski definition) is 5. The summed E-state index contributed by atoms with van der Waals surface area (Å²) >= 11 is 0. The van der Waals surface area contributed by atoms with Gasteiger partial charge in [0.25, 0.3) is 11.8 Å². The van der Waals surface area contributed by atoms with Gasteiger partial charge in [0.05, 0.1) is 0 Å². The Hall–Kier alpha value is -3.89. The van der Waals surface area contributed by atoms with Crippen LogP contribution >= 0.6 is 0 Å². The van der Waals surface area contributed by atoms with Gasteiger partial charge in [0.1, 0.15) is 5.41 Å². The average molecular weight is 541 g/mol. The molecule has 212 valence electrons. The van der Waals surface area contributed by atoms with E-state index in [1.54, 1.807) is 0 Å². The second-order valence-electron chi connectivity index (χ2n) is 10.3. The van der Waals surface area contributed by atoms with Gasteiger partial charge in [0.15, 0.2) is 0 Å². The number of imide groups is 1. The summed E-state index contributed by atoms with van der Waals surface area (Å²) in [5.74, 6) is -1.12. The Labute approximate surface area is 229 Å². The molecule has 1 aromatic carbocycles. The van der Waals surface area contributed by atoms with E-state index < -0.39 is 11.4 Å². The van der Waals surface area contributed by atoms with E-state index in [-0.39, 0.29) is 29.7 Å². The summed E-state index contributed by atoms with van der Waals surface area (Å²) in [5.41, 5.74) is 6.15. The molecule has 0 radical (unpaired) electrons. The predicted molar refractivity (Wildman–Crippen MR) is 147 cm³/mol. The van der Waals surface area contributed by atoms with E-state index in [0.29, 0.717) is 64.7 Å². The lowest BCUT2D eigenvalue weighted by Crippen LogP contribution is -2.57. The second kappa shape index (κ2) is 14.3. The van der Waals surface area contributed by atoms with Crippen LogP contribution in [0.5, 0.6) is 0 Å². The number of carbonyl (C=O) groups excluding carboxylic acids is 5. The lowest BCUT2D eigenvalue weighted by Gasteiger charge is -2.39. The van der Waals surface area contributed by atoms with E-state index in [1.807, 2.05) is 31.2 Å². The van der Waals surface area contributed by atoms with Gasteiger partial charge in [-0.15, -0.1) is 0 Å². The predicted octanol–water partition coefficient (Wildman–Crippen LogP) is 1.72. The Morgan fingerprint density at radius 1 is 0.923 bits per heavy atom. The smallest absolute Gasteiger partial charge is 0.312 e. The minimum Gasteiger partial charge on any atom is -0.383 e. The third-order valence-corrected chi connectivity index (χ3v) is 7.29. The van der Waals surface area contributed by atoms with Gasteiger partial charge in [0, 0.05) is 50.1 Å². The van der Waals surface area contributed by atoms with Crippen molar-refractivity contribution in [3.63, 3.8) is 0 Å². The molecular weight excluding hydrogens is 500 g/mol. The fourth-order valence-electron chi connectivity index (χ4n) is 4.70. The molecule has 0 unspecified atom stereocenters. The van der Waals surface area contributed by atoms with Gasteiger partial charge in [-0.3, -0.25) is 24.1 Å². The molecular formula is C28H40N6O5. The van der Waals surface area contributed by atoms with E-state index in [2.05, 4.69) is 21.3 Å². The molecule has 2 aliphatic rings. The lowest BCUT2D eigenvalue weighted by molar-refractivity contribution is -0.150. The molecule has 1 aliphatic carbocycles. The zero-order valence-corrected chi connectivity index (χ0v) is 22.6. The SMILES string of the molecule is Cc1ccc(NC[C@H](CCCNC(N)=O)NC(=O)C2(C(=O)NCCCCCN3C(=O)C=CC3=O)CCC2)cc1. The minimum absolute atomic E-state index is 0.246. The molecule has 1 heterocycles. The Morgan fingerprint density at radius 3 is 2.21 bits per heavy atom. The number of aryl methyl sites for hydroxylation is 1. The van der Waals surface area contributed by atoms with Crippen molar-refractivity contribution < 1.29 is 24.0 Å². The average Bonchev–Trinajstić information content (AvgIpc) is 3.19. The number of primary amides is 1. The van der Waals surface area contributed by atoms with Crippen molar-refractivity contribution in [3.05, 3.63) is 42.0 Å². The van der Waals surface area contributed by atoms with Crippen LogP contribution in [-0.2, 0) is 19.2 Å². The summed E-state index contributed by atoms with van der Waals surface area (Å²) in [6.45, 7) is 3.66. The van der Waals surface area contributed by atoms with Crippen molar-refractivity contribution in [1.82, 2.24) is 20.9 Å². The van der Waals surface area contributed by atoms with Crippen LogP contribution in [0.25, 0.3) is 0 Å². The van der Waals surface area contributed by atoms with E-state index in [4.69, 9.17) is 5.73 Å². The number of amides is 6. The third-order valence-electron chi connectivity index (χ3n) is 7.29. The first kappa shape index (κ1) is 29.7. The molecule has 11 nitrogen and oxygen atoms in total. The quantitative estimate of drug-likeness (QED) is 0.122. The number of hydrogen-bond acceptors (Lipinski definition) is 6. The van der Waals surface area contributed by atoms with E-state index in [9.17, 15) is 24.0 Å². The maximum atomic E-state index is 13.4. The molecule has 6 N–H and O–H groups in total. The Morgan fingerprint density at radius 2 is 1.59 bits per heavy atom. The van der Waals surface area contributed by atoms with Crippen molar-refractivity contribution in [3.8, 4) is 0 Å². The second-order valence-corrected chi connectivity index (χ2v) is 10.3. The third kappa shape index (κ3) is 8.56. The van der Waals surface area contributed by atoms with Crippen LogP contribution in [0.2, 0.25) is 0 Å². The topological polar surface area (TPSA) is 163 Å². The zero-order chi connectivity index (χ0) is 28.3. The number of unbranched alkanes of at least 4 members (excludes halogenated alkanes) is 2. The summed E-state index contributed by atoms with van der Waals surface area (Å²) < 4.78 is 0. The number of anilines is 1. The number of nitrogens with one attached hydrogen (secondary N) is 4. The molecule has 1 aromatic rings. The summed E-state index contributed by atoms with van der Waals surface area (Å²) in [4.78, 5) is 61.9. The fourth-order valence-corrected chi connectivity index (χ4v) is 4.70. The first-order valence-electron chi connectivity index (χ1n) is 13.7. The molecule has 3 rings (SSSR count). The molecule has 6 amide bonds. The van der Waals surface area contributed by atoms with E-state index in [0.717, 1.165) is 24.1 Å². The van der Waals surface area contributed by atoms with Crippen molar-refractivity contribution in [1.29, 1.82) is 0 Å². The summed E-state index contributed by atoms with van der Waals surface area (Å²) in [7, 11) is 0. The van der Waals surface area contributed by atoms with E-state index >= 15 is 0 Å². The summed E-state index contributed by atoms with van der Waals surface area (Å²) in [6.07, 6.45) is 7.64. The molecule has 1 aliphatic heterocycles. The fraction of sp³-hybridized carbons (Fsp3) is 0.536. The largest absolute Gasteiger partial charge is 0.383 e. The van der Waals surface area contributed by atoms with Crippen molar-refractivity contribution in [2.75, 3.05) is 31.5 Å². The number of benzene rings is 1. The molecule has 0 saturated heterocycles. The van der Waals surface area contributed by atoms with Crippen molar-refractivity contribution in [2.45, 2.75) is 64.3 Å². The highest BCUT2D eigenvalue weighted by atomic mass is 16.2. The van der Waals surface area contributed by atoms with Crippen LogP contribution < -0.4 is 27.0 Å². The van der Waals surface area contributed by atoms with Crippen LogP contribution in [0.4, 0.5) is 10.5 Å². The Balaban J connectivity index is 1.47. The normalized spacial score (nSPS) is 16.4. The molecule has 39 heavy (non-hydrogen) atoms. The zero-order valence-electron chi connectivity index (χ0n) is 22.6. The maximum absolute atomic E-state index is 13.4. The standard InChI is InChI=1S/C28H40N6O5/c1-20-8-10-21(11-9-20)32-19-22(7-5-17-31-27(29)39)33-26(38)28(14-6-15-28)25(37)30-16-3-2-4-18-34-23(35)12-13-24(34)36/h8-13,22,32H,2-7,14-19H2,1H3,(H,30,37)(H,33,38)(H3,29,31,39)/t22-/m0/s1. The van der Waals surface area contributed by atoms with Gasteiger partial charge in [-0.1, -0.05) is 24.1 Å². The molecule has 1 atom stereocenters. The Kier molecular flexibility index (Phi) is 10.9. The highest BCUT2D eigenvalue weighted by Crippen LogP contribution is 2.41. The van der Waals surface area contributed by atoms with Gasteiger partial charge >= 0.3 is 6.03 Å². The van der Waals surface area contributed by atoms with Gasteiger partial charge in [-0.25, -0.2) is 4.79 Å². The number of nitrogens with zero attached hydrogens (tertiary/aromatic N) is 1. The molecule has 0 bridgehead atoms. The van der Waals surface area contributed by atoms with Gasteiger partial charge in [-0.05, 0) is 64.0 Å². The van der Waals surface area contributed by atoms with Gasteiger partial charge in [0.2, 0.25) is 11.8 Å². The number of carbonyl (C=O) groups is 5. The molecule has 0 aromatic heterocycles. The molecule has 11 heteroatoms. The Bertz CT molecular complexity index is 1050. The van der Waals surface area contributed by atoms with Crippen LogP contribution in [0.3, 0.4) is 0 Å². The molecule has 0 spiro atoms. The van der Waals surface area contributed by atoms with E-state index in [1.165, 1.54) is 17.1 Å². The maximum Gasteiger partial charge on any atom is 0.312 e. The van der Waals surface area contributed by atoms with Crippen molar-refractivity contribution >= 4 is 35.3 Å². The number of nitrogens with two attached hydrogens (primary N) is 1. The van der Waals surface area contributed by atoms with Crippen LogP contribution in [-0.4, -0.2) is 66.8 Å². The first-order valence-corrected chi connectivity index (χ1v) is 13.7. The van der Waals surface area contributed by atoms with Gasteiger partial charge < -0.3 is 27.0 Å². The monoisotopic (exact) mass is 540 g/mol. The van der Waals surface area contributed by atoms with Crippen molar-refractivity contribution in [2.24, 2.45) is 11.1 Å². The highest BCUT2D eigenvalue weighted by molar-refractivity contribution is 6.12. The van der Waals surface area contributed by atoms with Crippen LogP contribution in [0.1, 0.15) is 56.9 Å². The minimum atomic E-state index is -1.08. The number of rotatable bonds is 16. The molecule has 1 fully saturated rings. The van der Waals surface area contributed by atoms with Gasteiger partial charge in [-0.2, -0.15) is 0 Å².